The number of rotatable bonds is 2. The first kappa shape index (κ1) is 8.00. The van der Waals surface area contributed by atoms with Crippen molar-refractivity contribution in [1.82, 2.24) is 5.32 Å². The second kappa shape index (κ2) is 2.87. The SMILES string of the molecule is CO[C@@H]1C[C@H](C(=O)O)NC1=O. The van der Waals surface area contributed by atoms with Gasteiger partial charge in [0.1, 0.15) is 12.1 Å². The number of carbonyl (C=O) groups excluding carboxylic acids is 1. The molecule has 1 fully saturated rings. The summed E-state index contributed by atoms with van der Waals surface area (Å²) < 4.78 is 4.73. The van der Waals surface area contributed by atoms with Crippen molar-refractivity contribution in [2.24, 2.45) is 0 Å². The van der Waals surface area contributed by atoms with Gasteiger partial charge >= 0.3 is 5.97 Å². The van der Waals surface area contributed by atoms with Crippen molar-refractivity contribution in [3.8, 4) is 0 Å². The van der Waals surface area contributed by atoms with Crippen molar-refractivity contribution in [2.45, 2.75) is 18.6 Å². The Bertz CT molecular complexity index is 191. The lowest BCUT2D eigenvalue weighted by Gasteiger charge is -2.01. The lowest BCUT2D eigenvalue weighted by Crippen LogP contribution is -2.33. The molecule has 0 saturated carbocycles. The maximum absolute atomic E-state index is 10.8. The Labute approximate surface area is 63.3 Å². The second-order valence-corrected chi connectivity index (χ2v) is 2.36. The Morgan fingerprint density at radius 2 is 2.45 bits per heavy atom. The number of ether oxygens (including phenoxy) is 1. The number of hydrogen-bond donors (Lipinski definition) is 2. The molecule has 2 N–H and O–H groups in total. The summed E-state index contributed by atoms with van der Waals surface area (Å²) in [6.07, 6.45) is -0.388. The predicted molar refractivity (Wildman–Crippen MR) is 35.0 cm³/mol. The average molecular weight is 159 g/mol. The molecule has 11 heavy (non-hydrogen) atoms. The molecule has 1 aliphatic heterocycles. The first-order chi connectivity index (χ1) is 5.15. The van der Waals surface area contributed by atoms with E-state index >= 15 is 0 Å². The second-order valence-electron chi connectivity index (χ2n) is 2.36. The summed E-state index contributed by atoms with van der Waals surface area (Å²) in [6, 6.07) is -0.785. The highest BCUT2D eigenvalue weighted by molar-refractivity contribution is 5.90. The quantitative estimate of drug-likeness (QED) is 0.540. The van der Waals surface area contributed by atoms with E-state index in [1.54, 1.807) is 0 Å². The third-order valence-corrected chi connectivity index (χ3v) is 1.64. The molecule has 0 aromatic heterocycles. The highest BCUT2D eigenvalue weighted by Gasteiger charge is 2.35. The van der Waals surface area contributed by atoms with Crippen LogP contribution < -0.4 is 5.32 Å². The van der Waals surface area contributed by atoms with Gasteiger partial charge < -0.3 is 15.2 Å². The minimum absolute atomic E-state index is 0.213. The van der Waals surface area contributed by atoms with E-state index in [0.29, 0.717) is 0 Å². The molecule has 1 heterocycles. The number of methoxy groups -OCH3 is 1. The summed E-state index contributed by atoms with van der Waals surface area (Å²) in [5.41, 5.74) is 0. The predicted octanol–water partition coefficient (Wildman–Crippen LogP) is -1.03. The van der Waals surface area contributed by atoms with Crippen LogP contribution in [0.1, 0.15) is 6.42 Å². The van der Waals surface area contributed by atoms with E-state index in [1.807, 2.05) is 0 Å². The Balaban J connectivity index is 2.56. The van der Waals surface area contributed by atoms with Crippen LogP contribution in [0.25, 0.3) is 0 Å². The Hall–Kier alpha value is -1.10. The number of carboxylic acid groups (broad SMARTS) is 1. The van der Waals surface area contributed by atoms with E-state index < -0.39 is 18.1 Å². The van der Waals surface area contributed by atoms with Gasteiger partial charge in [-0.1, -0.05) is 0 Å². The third kappa shape index (κ3) is 1.48. The van der Waals surface area contributed by atoms with Gasteiger partial charge in [-0.25, -0.2) is 4.79 Å². The van der Waals surface area contributed by atoms with Gasteiger partial charge in [0.05, 0.1) is 0 Å². The molecule has 1 amide bonds. The molecule has 5 heteroatoms. The summed E-state index contributed by atoms with van der Waals surface area (Å²) in [5, 5.41) is 10.8. The number of carboxylic acids is 1. The molecule has 1 rings (SSSR count). The van der Waals surface area contributed by atoms with Crippen molar-refractivity contribution >= 4 is 11.9 Å². The molecule has 2 atom stereocenters. The standard InChI is InChI=1S/C6H9NO4/c1-11-4-2-3(6(9)10)7-5(4)8/h3-4H,2H2,1H3,(H,7,8)(H,9,10)/t3-,4-/m1/s1. The van der Waals surface area contributed by atoms with Gasteiger partial charge in [0, 0.05) is 13.5 Å². The fraction of sp³-hybridized carbons (Fsp3) is 0.667. The van der Waals surface area contributed by atoms with Crippen LogP contribution in [0.4, 0.5) is 0 Å². The van der Waals surface area contributed by atoms with E-state index in [1.165, 1.54) is 7.11 Å². The highest BCUT2D eigenvalue weighted by Crippen LogP contribution is 2.10. The van der Waals surface area contributed by atoms with Crippen LogP contribution in [0.2, 0.25) is 0 Å². The van der Waals surface area contributed by atoms with E-state index in [2.05, 4.69) is 5.32 Å². The molecular formula is C6H9NO4. The van der Waals surface area contributed by atoms with Gasteiger partial charge in [-0.15, -0.1) is 0 Å². The lowest BCUT2D eigenvalue weighted by molar-refractivity contribution is -0.140. The number of hydrogen-bond acceptors (Lipinski definition) is 3. The smallest absolute Gasteiger partial charge is 0.326 e. The topological polar surface area (TPSA) is 75.6 Å². The molecule has 0 spiro atoms. The number of nitrogens with one attached hydrogen (secondary N) is 1. The summed E-state index contributed by atoms with van der Waals surface area (Å²) in [4.78, 5) is 21.2. The van der Waals surface area contributed by atoms with Crippen LogP contribution in [0.15, 0.2) is 0 Å². The maximum atomic E-state index is 10.8. The fourth-order valence-electron chi connectivity index (χ4n) is 1.01. The van der Waals surface area contributed by atoms with Crippen LogP contribution in [0, 0.1) is 0 Å². The molecular weight excluding hydrogens is 150 g/mol. The zero-order valence-corrected chi connectivity index (χ0v) is 6.03. The monoisotopic (exact) mass is 159 g/mol. The van der Waals surface area contributed by atoms with Crippen molar-refractivity contribution < 1.29 is 19.4 Å². The molecule has 1 aliphatic rings. The zero-order valence-electron chi connectivity index (χ0n) is 6.03. The Kier molecular flexibility index (Phi) is 2.09. The first-order valence-corrected chi connectivity index (χ1v) is 3.21. The number of aliphatic carboxylic acids is 1. The van der Waals surface area contributed by atoms with Crippen LogP contribution >= 0.6 is 0 Å². The van der Waals surface area contributed by atoms with Gasteiger partial charge in [-0.2, -0.15) is 0 Å². The average Bonchev–Trinajstić information content (AvgIpc) is 2.31. The van der Waals surface area contributed by atoms with Gasteiger partial charge in [0.15, 0.2) is 0 Å². The maximum Gasteiger partial charge on any atom is 0.326 e. The molecule has 0 aromatic rings. The van der Waals surface area contributed by atoms with Gasteiger partial charge in [0.2, 0.25) is 5.91 Å². The Morgan fingerprint density at radius 3 is 2.73 bits per heavy atom. The summed E-state index contributed by atoms with van der Waals surface area (Å²) in [6.45, 7) is 0. The van der Waals surface area contributed by atoms with Crippen LogP contribution in [-0.2, 0) is 14.3 Å². The number of carbonyl (C=O) groups is 2. The van der Waals surface area contributed by atoms with E-state index in [-0.39, 0.29) is 12.3 Å². The molecule has 0 aliphatic carbocycles. The zero-order chi connectivity index (χ0) is 8.43. The molecule has 0 radical (unpaired) electrons. The summed E-state index contributed by atoms with van der Waals surface area (Å²) >= 11 is 0. The molecule has 0 bridgehead atoms. The molecule has 62 valence electrons. The largest absolute Gasteiger partial charge is 0.480 e. The van der Waals surface area contributed by atoms with Gasteiger partial charge in [0.25, 0.3) is 0 Å². The molecule has 0 aromatic carbocycles. The molecule has 1 saturated heterocycles. The van der Waals surface area contributed by atoms with E-state index in [4.69, 9.17) is 9.84 Å². The van der Waals surface area contributed by atoms with Gasteiger partial charge in [-0.05, 0) is 0 Å². The van der Waals surface area contributed by atoms with Crippen molar-refractivity contribution in [3.05, 3.63) is 0 Å². The summed E-state index contributed by atoms with van der Waals surface area (Å²) in [7, 11) is 1.38. The van der Waals surface area contributed by atoms with Crippen LogP contribution in [0.5, 0.6) is 0 Å². The lowest BCUT2D eigenvalue weighted by atomic mass is 10.2. The highest BCUT2D eigenvalue weighted by atomic mass is 16.5. The van der Waals surface area contributed by atoms with Crippen LogP contribution in [-0.4, -0.2) is 36.2 Å². The van der Waals surface area contributed by atoms with Gasteiger partial charge in [-0.3, -0.25) is 4.79 Å². The Morgan fingerprint density at radius 1 is 1.82 bits per heavy atom. The van der Waals surface area contributed by atoms with Crippen molar-refractivity contribution in [2.75, 3.05) is 7.11 Å². The fourth-order valence-corrected chi connectivity index (χ4v) is 1.01. The number of amides is 1. The normalized spacial score (nSPS) is 30.1. The van der Waals surface area contributed by atoms with Crippen molar-refractivity contribution in [3.63, 3.8) is 0 Å². The first-order valence-electron chi connectivity index (χ1n) is 3.21. The molecule has 0 unspecified atom stereocenters. The van der Waals surface area contributed by atoms with E-state index in [0.717, 1.165) is 0 Å². The minimum Gasteiger partial charge on any atom is -0.480 e. The molecule has 5 nitrogen and oxygen atoms in total. The van der Waals surface area contributed by atoms with Crippen LogP contribution in [0.3, 0.4) is 0 Å². The summed E-state index contributed by atoms with van der Waals surface area (Å²) in [5.74, 6) is -1.36. The third-order valence-electron chi connectivity index (χ3n) is 1.64. The van der Waals surface area contributed by atoms with Crippen molar-refractivity contribution in [1.29, 1.82) is 0 Å². The van der Waals surface area contributed by atoms with E-state index in [9.17, 15) is 9.59 Å². The minimum atomic E-state index is -1.02.